The molecular formula is C13H21ClN4O. The number of carbonyl (C=O) groups excluding carboxylic acids is 1. The summed E-state index contributed by atoms with van der Waals surface area (Å²) in [4.78, 5) is 17.9. The molecule has 0 aromatic carbocycles. The van der Waals surface area contributed by atoms with Crippen molar-refractivity contribution in [2.45, 2.75) is 13.5 Å². The molecule has 1 heterocycles. The number of nitrogens with zero attached hydrogens (tertiary/aromatic N) is 2. The van der Waals surface area contributed by atoms with Crippen molar-refractivity contribution in [3.8, 4) is 0 Å². The van der Waals surface area contributed by atoms with Crippen LogP contribution in [0.1, 0.15) is 12.6 Å². The van der Waals surface area contributed by atoms with Gasteiger partial charge in [-0.3, -0.25) is 9.69 Å². The van der Waals surface area contributed by atoms with Gasteiger partial charge in [-0.25, -0.2) is 4.98 Å². The molecule has 0 saturated heterocycles. The average Bonchev–Trinajstić information content (AvgIpc) is 2.40. The molecular weight excluding hydrogens is 264 g/mol. The first-order chi connectivity index (χ1) is 8.97. The Morgan fingerprint density at radius 3 is 2.74 bits per heavy atom. The van der Waals surface area contributed by atoms with Gasteiger partial charge in [-0.1, -0.05) is 18.5 Å². The lowest BCUT2D eigenvalue weighted by atomic mass is 10.1. The summed E-state index contributed by atoms with van der Waals surface area (Å²) in [7, 11) is 5.41. The number of hydrogen-bond acceptors (Lipinski definition) is 4. The highest BCUT2D eigenvalue weighted by Gasteiger charge is 2.15. The molecule has 106 valence electrons. The summed E-state index contributed by atoms with van der Waals surface area (Å²) < 4.78 is 0. The SMILES string of the molecule is CNC(=O)C(C)CN(C)Cc1nc(NC)ccc1Cl. The van der Waals surface area contributed by atoms with Crippen LogP contribution in [0.15, 0.2) is 12.1 Å². The molecule has 1 rings (SSSR count). The molecule has 1 aromatic rings. The van der Waals surface area contributed by atoms with Crippen LogP contribution in [0.5, 0.6) is 0 Å². The molecule has 0 aliphatic carbocycles. The van der Waals surface area contributed by atoms with Crippen molar-refractivity contribution in [2.75, 3.05) is 33.0 Å². The monoisotopic (exact) mass is 284 g/mol. The van der Waals surface area contributed by atoms with E-state index in [0.29, 0.717) is 18.1 Å². The summed E-state index contributed by atoms with van der Waals surface area (Å²) in [5, 5.41) is 6.27. The molecule has 1 amide bonds. The van der Waals surface area contributed by atoms with Crippen LogP contribution in [0.2, 0.25) is 5.02 Å². The van der Waals surface area contributed by atoms with Crippen molar-refractivity contribution >= 4 is 23.3 Å². The second kappa shape index (κ2) is 7.31. The Morgan fingerprint density at radius 1 is 1.47 bits per heavy atom. The van der Waals surface area contributed by atoms with Crippen LogP contribution in [-0.2, 0) is 11.3 Å². The third-order valence-electron chi connectivity index (χ3n) is 2.87. The number of rotatable bonds is 6. The Hall–Kier alpha value is -1.33. The van der Waals surface area contributed by atoms with Gasteiger partial charge in [-0.15, -0.1) is 0 Å². The van der Waals surface area contributed by atoms with Gasteiger partial charge in [0.2, 0.25) is 5.91 Å². The number of carbonyl (C=O) groups is 1. The van der Waals surface area contributed by atoms with Gasteiger partial charge in [0, 0.05) is 33.1 Å². The van der Waals surface area contributed by atoms with Gasteiger partial charge in [0.15, 0.2) is 0 Å². The van der Waals surface area contributed by atoms with Gasteiger partial charge in [0.25, 0.3) is 0 Å². The van der Waals surface area contributed by atoms with E-state index < -0.39 is 0 Å². The summed E-state index contributed by atoms with van der Waals surface area (Å²) in [5.41, 5.74) is 0.806. The fourth-order valence-corrected chi connectivity index (χ4v) is 2.02. The second-order valence-corrected chi connectivity index (χ2v) is 4.99. The molecule has 19 heavy (non-hydrogen) atoms. The number of aromatic nitrogens is 1. The largest absolute Gasteiger partial charge is 0.373 e. The lowest BCUT2D eigenvalue weighted by molar-refractivity contribution is -0.124. The quantitative estimate of drug-likeness (QED) is 0.833. The highest BCUT2D eigenvalue weighted by Crippen LogP contribution is 2.18. The number of hydrogen-bond donors (Lipinski definition) is 2. The van der Waals surface area contributed by atoms with Gasteiger partial charge in [-0.2, -0.15) is 0 Å². The molecule has 1 aromatic heterocycles. The number of halogens is 1. The summed E-state index contributed by atoms with van der Waals surface area (Å²) in [5.74, 6) is 0.753. The van der Waals surface area contributed by atoms with Crippen molar-refractivity contribution < 1.29 is 4.79 Å². The van der Waals surface area contributed by atoms with Gasteiger partial charge in [0.1, 0.15) is 5.82 Å². The normalized spacial score (nSPS) is 12.3. The maximum absolute atomic E-state index is 11.5. The summed E-state index contributed by atoms with van der Waals surface area (Å²) in [6, 6.07) is 3.66. The van der Waals surface area contributed by atoms with E-state index in [-0.39, 0.29) is 11.8 Å². The Morgan fingerprint density at radius 2 is 2.16 bits per heavy atom. The average molecular weight is 285 g/mol. The summed E-state index contributed by atoms with van der Waals surface area (Å²) >= 11 is 6.13. The van der Waals surface area contributed by atoms with E-state index in [1.807, 2.05) is 38.1 Å². The third-order valence-corrected chi connectivity index (χ3v) is 3.22. The smallest absolute Gasteiger partial charge is 0.223 e. The van der Waals surface area contributed by atoms with Crippen LogP contribution in [-0.4, -0.2) is 43.5 Å². The first kappa shape index (κ1) is 15.7. The standard InChI is InChI=1S/C13H21ClN4O/c1-9(13(19)16-3)7-18(4)8-11-10(14)5-6-12(15-2)17-11/h5-6,9H,7-8H2,1-4H3,(H,15,17)(H,16,19). The first-order valence-electron chi connectivity index (χ1n) is 6.21. The molecule has 2 N–H and O–H groups in total. The topological polar surface area (TPSA) is 57.3 Å². The molecule has 0 radical (unpaired) electrons. The van der Waals surface area contributed by atoms with Gasteiger partial charge in [0.05, 0.1) is 10.7 Å². The van der Waals surface area contributed by atoms with Crippen LogP contribution < -0.4 is 10.6 Å². The lowest BCUT2D eigenvalue weighted by Crippen LogP contribution is -2.34. The van der Waals surface area contributed by atoms with Crippen molar-refractivity contribution in [1.29, 1.82) is 0 Å². The minimum absolute atomic E-state index is 0.0369. The van der Waals surface area contributed by atoms with Crippen LogP contribution in [0.25, 0.3) is 0 Å². The summed E-state index contributed by atoms with van der Waals surface area (Å²) in [6.45, 7) is 3.16. The Balaban J connectivity index is 2.66. The molecule has 0 saturated carbocycles. The Labute approximate surface area is 119 Å². The Kier molecular flexibility index (Phi) is 6.05. The Bertz CT molecular complexity index is 439. The van der Waals surface area contributed by atoms with E-state index in [1.165, 1.54) is 0 Å². The third kappa shape index (κ3) is 4.69. The fraction of sp³-hybridized carbons (Fsp3) is 0.538. The van der Waals surface area contributed by atoms with Crippen LogP contribution in [0, 0.1) is 5.92 Å². The minimum Gasteiger partial charge on any atom is -0.373 e. The van der Waals surface area contributed by atoms with Crippen LogP contribution >= 0.6 is 11.6 Å². The van der Waals surface area contributed by atoms with Crippen LogP contribution in [0.4, 0.5) is 5.82 Å². The molecule has 0 aliphatic rings. The predicted molar refractivity (Wildman–Crippen MR) is 78.4 cm³/mol. The lowest BCUT2D eigenvalue weighted by Gasteiger charge is -2.20. The van der Waals surface area contributed by atoms with Crippen molar-refractivity contribution in [1.82, 2.24) is 15.2 Å². The van der Waals surface area contributed by atoms with Gasteiger partial charge in [-0.05, 0) is 19.2 Å². The van der Waals surface area contributed by atoms with E-state index in [0.717, 1.165) is 11.5 Å². The number of nitrogens with one attached hydrogen (secondary N) is 2. The maximum Gasteiger partial charge on any atom is 0.223 e. The van der Waals surface area contributed by atoms with Gasteiger partial charge < -0.3 is 10.6 Å². The zero-order chi connectivity index (χ0) is 14.4. The zero-order valence-corrected chi connectivity index (χ0v) is 12.6. The van der Waals surface area contributed by atoms with Crippen LogP contribution in [0.3, 0.4) is 0 Å². The molecule has 0 bridgehead atoms. The molecule has 0 fully saturated rings. The van der Waals surface area contributed by atoms with E-state index >= 15 is 0 Å². The van der Waals surface area contributed by atoms with E-state index in [9.17, 15) is 4.79 Å². The molecule has 1 unspecified atom stereocenters. The second-order valence-electron chi connectivity index (χ2n) is 4.59. The maximum atomic E-state index is 11.5. The number of pyridine rings is 1. The van der Waals surface area contributed by atoms with E-state index in [2.05, 4.69) is 15.6 Å². The van der Waals surface area contributed by atoms with Gasteiger partial charge >= 0.3 is 0 Å². The first-order valence-corrected chi connectivity index (χ1v) is 6.59. The fourth-order valence-electron chi connectivity index (χ4n) is 1.85. The van der Waals surface area contributed by atoms with Crippen molar-refractivity contribution in [3.63, 3.8) is 0 Å². The number of amides is 1. The van der Waals surface area contributed by atoms with Crippen molar-refractivity contribution in [2.24, 2.45) is 5.92 Å². The molecule has 5 nitrogen and oxygen atoms in total. The van der Waals surface area contributed by atoms with Crippen molar-refractivity contribution in [3.05, 3.63) is 22.8 Å². The molecule has 0 aliphatic heterocycles. The van der Waals surface area contributed by atoms with E-state index in [1.54, 1.807) is 7.05 Å². The van der Waals surface area contributed by atoms with E-state index in [4.69, 9.17) is 11.6 Å². The highest BCUT2D eigenvalue weighted by atomic mass is 35.5. The molecule has 1 atom stereocenters. The minimum atomic E-state index is -0.0683. The zero-order valence-electron chi connectivity index (χ0n) is 11.8. The molecule has 6 heteroatoms. The summed E-state index contributed by atoms with van der Waals surface area (Å²) in [6.07, 6.45) is 0. The molecule has 0 spiro atoms. The predicted octanol–water partition coefficient (Wildman–Crippen LogP) is 1.59. The number of anilines is 1. The highest BCUT2D eigenvalue weighted by molar-refractivity contribution is 6.31.